The molecule has 8 nitrogen and oxygen atoms in total. The number of hydrogen-bond acceptors (Lipinski definition) is 4. The summed E-state index contributed by atoms with van der Waals surface area (Å²) in [4.78, 5) is 26.5. The Bertz CT molecular complexity index is 1490. The number of hydrogen-bond donors (Lipinski definition) is 0. The minimum absolute atomic E-state index is 0.249. The smallest absolute Gasteiger partial charge is 0.273 e. The normalized spacial score (nSPS) is 11.5. The van der Waals surface area contributed by atoms with Crippen molar-refractivity contribution in [2.45, 2.75) is 20.0 Å². The van der Waals surface area contributed by atoms with Crippen molar-refractivity contribution in [2.24, 2.45) is 7.05 Å². The molecule has 0 amide bonds. The molecule has 0 spiro atoms. The lowest BCUT2D eigenvalue weighted by Gasteiger charge is -2.07. The zero-order valence-corrected chi connectivity index (χ0v) is 16.7. The lowest BCUT2D eigenvalue weighted by Crippen LogP contribution is -2.26. The highest BCUT2D eigenvalue weighted by Gasteiger charge is 2.20. The molecule has 0 aliphatic rings. The van der Waals surface area contributed by atoms with Crippen LogP contribution >= 0.6 is 0 Å². The van der Waals surface area contributed by atoms with Gasteiger partial charge in [0.05, 0.1) is 13.1 Å². The molecule has 2 aromatic carbocycles. The molecule has 30 heavy (non-hydrogen) atoms. The van der Waals surface area contributed by atoms with Crippen LogP contribution in [0.15, 0.2) is 70.4 Å². The zero-order valence-electron chi connectivity index (χ0n) is 16.7. The van der Waals surface area contributed by atoms with Gasteiger partial charge in [-0.05, 0) is 18.1 Å². The second-order valence-electron chi connectivity index (χ2n) is 7.47. The monoisotopic (exact) mass is 400 g/mol. The Morgan fingerprint density at radius 2 is 1.57 bits per heavy atom. The molecule has 0 aliphatic carbocycles. The van der Waals surface area contributed by atoms with Crippen molar-refractivity contribution in [3.63, 3.8) is 0 Å². The van der Waals surface area contributed by atoms with Gasteiger partial charge in [-0.3, -0.25) is 14.0 Å². The highest BCUT2D eigenvalue weighted by Crippen LogP contribution is 2.12. The van der Waals surface area contributed by atoms with Crippen LogP contribution in [0.25, 0.3) is 16.8 Å². The van der Waals surface area contributed by atoms with Gasteiger partial charge in [0.1, 0.15) is 5.52 Å². The van der Waals surface area contributed by atoms with Crippen LogP contribution in [0, 0.1) is 6.92 Å². The van der Waals surface area contributed by atoms with Crippen molar-refractivity contribution in [2.75, 3.05) is 0 Å². The quantitative estimate of drug-likeness (QED) is 0.462. The van der Waals surface area contributed by atoms with Crippen LogP contribution in [0.5, 0.6) is 0 Å². The third-order valence-corrected chi connectivity index (χ3v) is 5.20. The summed E-state index contributed by atoms with van der Waals surface area (Å²) in [6, 6.07) is 17.6. The minimum atomic E-state index is -0.301. The van der Waals surface area contributed by atoms with Crippen LogP contribution in [0.2, 0.25) is 0 Å². The van der Waals surface area contributed by atoms with Gasteiger partial charge in [-0.15, -0.1) is 5.10 Å². The first-order valence-electron chi connectivity index (χ1n) is 9.66. The number of benzene rings is 2. The molecule has 3 aromatic heterocycles. The summed E-state index contributed by atoms with van der Waals surface area (Å²) >= 11 is 0. The SMILES string of the molecule is Cc1ccc(Cn2c(=O)c3nn(C)cc3n3c(=O)n(Cc4ccccc4)nc23)cc1. The van der Waals surface area contributed by atoms with Gasteiger partial charge in [-0.1, -0.05) is 60.2 Å². The van der Waals surface area contributed by atoms with E-state index >= 15 is 0 Å². The summed E-state index contributed by atoms with van der Waals surface area (Å²) in [5, 5.41) is 8.83. The average molecular weight is 400 g/mol. The molecule has 5 aromatic rings. The molecule has 0 fully saturated rings. The fraction of sp³-hybridized carbons (Fsp3) is 0.182. The van der Waals surface area contributed by atoms with Crippen molar-refractivity contribution < 1.29 is 0 Å². The number of aryl methyl sites for hydroxylation is 2. The molecule has 5 rings (SSSR count). The van der Waals surface area contributed by atoms with Crippen molar-refractivity contribution >= 4 is 16.8 Å². The summed E-state index contributed by atoms with van der Waals surface area (Å²) in [6.45, 7) is 2.64. The van der Waals surface area contributed by atoms with E-state index < -0.39 is 0 Å². The van der Waals surface area contributed by atoms with Gasteiger partial charge in [0.25, 0.3) is 5.56 Å². The maximum atomic E-state index is 13.2. The molecule has 0 saturated heterocycles. The number of fused-ring (bicyclic) bond motifs is 3. The van der Waals surface area contributed by atoms with Crippen molar-refractivity contribution in [3.05, 3.63) is 98.3 Å². The Kier molecular flexibility index (Phi) is 4.13. The molecule has 0 unspecified atom stereocenters. The molecule has 0 bridgehead atoms. The number of aromatic nitrogens is 6. The number of rotatable bonds is 4. The van der Waals surface area contributed by atoms with Gasteiger partial charge in [-0.2, -0.15) is 5.10 Å². The number of nitrogens with zero attached hydrogens (tertiary/aromatic N) is 6. The Balaban J connectivity index is 1.76. The van der Waals surface area contributed by atoms with E-state index in [0.29, 0.717) is 24.4 Å². The standard InChI is InChI=1S/C22H20N6O2/c1-15-8-10-17(11-9-15)12-26-20(29)19-18(14-25(2)23-19)28-21(26)24-27(22(28)30)13-16-6-4-3-5-7-16/h3-11,14H,12-13H2,1-2H3. The molecule has 3 heterocycles. The predicted octanol–water partition coefficient (Wildman–Crippen LogP) is 1.95. The van der Waals surface area contributed by atoms with Crippen molar-refractivity contribution in [1.82, 2.24) is 28.5 Å². The van der Waals surface area contributed by atoms with Crippen LogP contribution in [0.1, 0.15) is 16.7 Å². The van der Waals surface area contributed by atoms with Crippen LogP contribution in [-0.4, -0.2) is 28.5 Å². The Hall–Kier alpha value is -3.94. The van der Waals surface area contributed by atoms with Crippen molar-refractivity contribution in [1.29, 1.82) is 0 Å². The van der Waals surface area contributed by atoms with E-state index in [9.17, 15) is 9.59 Å². The topological polar surface area (TPSA) is 79.1 Å². The summed E-state index contributed by atoms with van der Waals surface area (Å²) in [5.74, 6) is 0.307. The fourth-order valence-electron chi connectivity index (χ4n) is 3.67. The Morgan fingerprint density at radius 1 is 0.867 bits per heavy atom. The Morgan fingerprint density at radius 3 is 2.30 bits per heavy atom. The van der Waals surface area contributed by atoms with Gasteiger partial charge >= 0.3 is 5.69 Å². The molecule has 0 radical (unpaired) electrons. The third kappa shape index (κ3) is 2.93. The van der Waals surface area contributed by atoms with Gasteiger partial charge < -0.3 is 0 Å². The molecule has 0 atom stereocenters. The molecule has 0 aliphatic heterocycles. The second-order valence-corrected chi connectivity index (χ2v) is 7.47. The van der Waals surface area contributed by atoms with Crippen LogP contribution in [0.3, 0.4) is 0 Å². The first-order valence-corrected chi connectivity index (χ1v) is 9.66. The first kappa shape index (κ1) is 18.1. The minimum Gasteiger partial charge on any atom is -0.273 e. The lowest BCUT2D eigenvalue weighted by molar-refractivity contribution is 0.654. The summed E-state index contributed by atoms with van der Waals surface area (Å²) < 4.78 is 5.93. The molecule has 0 N–H and O–H groups in total. The van der Waals surface area contributed by atoms with Crippen LogP contribution < -0.4 is 11.2 Å². The highest BCUT2D eigenvalue weighted by molar-refractivity contribution is 5.75. The summed E-state index contributed by atoms with van der Waals surface area (Å²) in [5.41, 5.74) is 3.18. The Labute approximate surface area is 171 Å². The van der Waals surface area contributed by atoms with E-state index in [4.69, 9.17) is 0 Å². The highest BCUT2D eigenvalue weighted by atomic mass is 16.2. The molecule has 0 saturated carbocycles. The second kappa shape index (κ2) is 6.84. The lowest BCUT2D eigenvalue weighted by atomic mass is 10.1. The molecular weight excluding hydrogens is 380 g/mol. The molecule has 8 heteroatoms. The van der Waals surface area contributed by atoms with E-state index in [1.807, 2.05) is 61.5 Å². The van der Waals surface area contributed by atoms with E-state index in [-0.39, 0.29) is 16.8 Å². The first-order chi connectivity index (χ1) is 14.5. The zero-order chi connectivity index (χ0) is 20.8. The van der Waals surface area contributed by atoms with Crippen LogP contribution in [-0.2, 0) is 20.1 Å². The van der Waals surface area contributed by atoms with E-state index in [0.717, 1.165) is 16.7 Å². The van der Waals surface area contributed by atoms with Gasteiger partial charge in [0.15, 0.2) is 5.52 Å². The van der Waals surface area contributed by atoms with E-state index in [1.54, 1.807) is 17.9 Å². The summed E-state index contributed by atoms with van der Waals surface area (Å²) in [6.07, 6.45) is 1.68. The maximum absolute atomic E-state index is 13.2. The average Bonchev–Trinajstić information content (AvgIpc) is 3.28. The third-order valence-electron chi connectivity index (χ3n) is 5.20. The maximum Gasteiger partial charge on any atom is 0.352 e. The van der Waals surface area contributed by atoms with Gasteiger partial charge in [-0.25, -0.2) is 13.9 Å². The van der Waals surface area contributed by atoms with Gasteiger partial charge in [0, 0.05) is 13.2 Å². The van der Waals surface area contributed by atoms with E-state index in [1.165, 1.54) is 13.6 Å². The van der Waals surface area contributed by atoms with Gasteiger partial charge in [0.2, 0.25) is 5.78 Å². The van der Waals surface area contributed by atoms with Crippen LogP contribution in [0.4, 0.5) is 0 Å². The van der Waals surface area contributed by atoms with Crippen molar-refractivity contribution in [3.8, 4) is 0 Å². The largest absolute Gasteiger partial charge is 0.352 e. The molecule has 150 valence electrons. The fourth-order valence-corrected chi connectivity index (χ4v) is 3.67. The van der Waals surface area contributed by atoms with E-state index in [2.05, 4.69) is 10.2 Å². The predicted molar refractivity (Wildman–Crippen MR) is 114 cm³/mol. The summed E-state index contributed by atoms with van der Waals surface area (Å²) in [7, 11) is 1.73. The molecular formula is C22H20N6O2.